The third-order valence-electron chi connectivity index (χ3n) is 5.06. The number of aromatic nitrogens is 1. The highest BCUT2D eigenvalue weighted by Gasteiger charge is 2.18. The van der Waals surface area contributed by atoms with Crippen molar-refractivity contribution in [1.29, 1.82) is 0 Å². The Hall–Kier alpha value is -2.84. The van der Waals surface area contributed by atoms with Gasteiger partial charge in [-0.25, -0.2) is 4.98 Å². The van der Waals surface area contributed by atoms with Gasteiger partial charge in [0.2, 0.25) is 0 Å². The van der Waals surface area contributed by atoms with Gasteiger partial charge in [0.25, 0.3) is 5.91 Å². The molecular weight excluding hydrogens is 382 g/mol. The lowest BCUT2D eigenvalue weighted by Crippen LogP contribution is -2.37. The molecule has 162 valence electrons. The number of pyridine rings is 1. The zero-order valence-corrected chi connectivity index (χ0v) is 18.2. The molecule has 2 aromatic rings. The normalized spacial score (nSPS) is 13.8. The van der Waals surface area contributed by atoms with Gasteiger partial charge in [-0.15, -0.1) is 0 Å². The smallest absolute Gasteiger partial charge is 0.274 e. The van der Waals surface area contributed by atoms with Gasteiger partial charge in [-0.1, -0.05) is 6.07 Å². The Morgan fingerprint density at radius 3 is 2.63 bits per heavy atom. The fourth-order valence-corrected chi connectivity index (χ4v) is 3.21. The van der Waals surface area contributed by atoms with E-state index in [1.54, 1.807) is 7.11 Å². The Labute approximate surface area is 178 Å². The van der Waals surface area contributed by atoms with E-state index in [9.17, 15) is 4.79 Å². The van der Waals surface area contributed by atoms with Crippen molar-refractivity contribution in [2.45, 2.75) is 0 Å². The van der Waals surface area contributed by atoms with Crippen LogP contribution in [0.5, 0.6) is 0 Å². The van der Waals surface area contributed by atoms with Crippen LogP contribution in [0.15, 0.2) is 36.4 Å². The molecule has 1 aromatic carbocycles. The van der Waals surface area contributed by atoms with Crippen LogP contribution in [0.3, 0.4) is 0 Å². The Morgan fingerprint density at radius 2 is 1.93 bits per heavy atom. The predicted molar refractivity (Wildman–Crippen MR) is 121 cm³/mol. The molecule has 1 fully saturated rings. The van der Waals surface area contributed by atoms with Crippen molar-refractivity contribution in [2.75, 3.05) is 87.7 Å². The molecule has 0 spiro atoms. The highest BCUT2D eigenvalue weighted by atomic mass is 16.5. The fourth-order valence-electron chi connectivity index (χ4n) is 3.21. The van der Waals surface area contributed by atoms with Gasteiger partial charge >= 0.3 is 0 Å². The van der Waals surface area contributed by atoms with E-state index in [0.29, 0.717) is 25.5 Å². The topological polar surface area (TPSA) is 70.2 Å². The largest absolute Gasteiger partial charge is 0.383 e. The second-order valence-electron chi connectivity index (χ2n) is 7.48. The van der Waals surface area contributed by atoms with Crippen LogP contribution >= 0.6 is 0 Å². The van der Waals surface area contributed by atoms with Crippen LogP contribution < -0.4 is 20.0 Å². The molecule has 1 N–H and O–H groups in total. The standard InChI is InChI=1S/C22H31N5O3/c1-25(2)18-7-5-6-17(14-18)23-22(28)20-15-19(26(3)8-11-29-4)16-21(24-20)27-9-12-30-13-10-27/h5-7,14-16H,8-13H2,1-4H3,(H,23,28). The summed E-state index contributed by atoms with van der Waals surface area (Å²) >= 11 is 0. The number of hydrogen-bond acceptors (Lipinski definition) is 7. The summed E-state index contributed by atoms with van der Waals surface area (Å²) in [6.07, 6.45) is 0. The van der Waals surface area contributed by atoms with Gasteiger partial charge in [-0.3, -0.25) is 4.79 Å². The number of likely N-dealkylation sites (N-methyl/N-ethyl adjacent to an activating group) is 1. The summed E-state index contributed by atoms with van der Waals surface area (Å²) in [7, 11) is 7.60. The average Bonchev–Trinajstić information content (AvgIpc) is 2.77. The number of nitrogens with zero attached hydrogens (tertiary/aromatic N) is 4. The minimum Gasteiger partial charge on any atom is -0.383 e. The SMILES string of the molecule is COCCN(C)c1cc(C(=O)Nc2cccc(N(C)C)c2)nc(N2CCOCC2)c1. The van der Waals surface area contributed by atoms with Crippen LogP contribution in [0.2, 0.25) is 0 Å². The zero-order valence-electron chi connectivity index (χ0n) is 18.2. The summed E-state index contributed by atoms with van der Waals surface area (Å²) in [5, 5.41) is 2.98. The zero-order chi connectivity index (χ0) is 21.5. The van der Waals surface area contributed by atoms with Gasteiger partial charge in [0.05, 0.1) is 19.8 Å². The molecule has 2 heterocycles. The molecule has 1 aliphatic rings. The quantitative estimate of drug-likeness (QED) is 0.712. The first-order valence-corrected chi connectivity index (χ1v) is 10.1. The summed E-state index contributed by atoms with van der Waals surface area (Å²) in [5.74, 6) is 0.551. The van der Waals surface area contributed by atoms with Gasteiger partial charge in [0.1, 0.15) is 11.5 Å². The molecular formula is C22H31N5O3. The molecule has 1 aliphatic heterocycles. The van der Waals surface area contributed by atoms with E-state index in [4.69, 9.17) is 9.47 Å². The van der Waals surface area contributed by atoms with E-state index in [0.717, 1.165) is 42.5 Å². The van der Waals surface area contributed by atoms with E-state index in [1.165, 1.54) is 0 Å². The van der Waals surface area contributed by atoms with Crippen molar-refractivity contribution in [3.05, 3.63) is 42.1 Å². The molecule has 0 aliphatic carbocycles. The highest BCUT2D eigenvalue weighted by Crippen LogP contribution is 2.24. The molecule has 8 heteroatoms. The van der Waals surface area contributed by atoms with Crippen LogP contribution in [-0.2, 0) is 9.47 Å². The van der Waals surface area contributed by atoms with Crippen LogP contribution in [-0.4, -0.2) is 78.6 Å². The van der Waals surface area contributed by atoms with E-state index >= 15 is 0 Å². The third kappa shape index (κ3) is 5.61. The number of methoxy groups -OCH3 is 1. The summed E-state index contributed by atoms with van der Waals surface area (Å²) in [4.78, 5) is 23.9. The van der Waals surface area contributed by atoms with Gasteiger partial charge in [-0.05, 0) is 24.3 Å². The average molecular weight is 414 g/mol. The Bertz CT molecular complexity index is 852. The first-order chi connectivity index (χ1) is 14.5. The lowest BCUT2D eigenvalue weighted by molar-refractivity contribution is 0.102. The van der Waals surface area contributed by atoms with Crippen LogP contribution in [0.4, 0.5) is 22.9 Å². The molecule has 30 heavy (non-hydrogen) atoms. The number of rotatable bonds is 8. The van der Waals surface area contributed by atoms with Gasteiger partial charge in [-0.2, -0.15) is 0 Å². The molecule has 0 radical (unpaired) electrons. The first kappa shape index (κ1) is 21.9. The summed E-state index contributed by atoms with van der Waals surface area (Å²) < 4.78 is 10.7. The third-order valence-corrected chi connectivity index (χ3v) is 5.06. The van der Waals surface area contributed by atoms with Crippen molar-refractivity contribution in [1.82, 2.24) is 4.98 Å². The number of anilines is 4. The molecule has 0 atom stereocenters. The monoisotopic (exact) mass is 413 g/mol. The van der Waals surface area contributed by atoms with Crippen LogP contribution in [0.1, 0.15) is 10.5 Å². The number of hydrogen-bond donors (Lipinski definition) is 1. The van der Waals surface area contributed by atoms with Crippen LogP contribution in [0.25, 0.3) is 0 Å². The van der Waals surface area contributed by atoms with E-state index in [1.807, 2.05) is 62.4 Å². The Morgan fingerprint density at radius 1 is 1.17 bits per heavy atom. The Kier molecular flexibility index (Phi) is 7.48. The second-order valence-corrected chi connectivity index (χ2v) is 7.48. The predicted octanol–water partition coefficient (Wildman–Crippen LogP) is 2.32. The molecule has 1 aromatic heterocycles. The molecule has 8 nitrogen and oxygen atoms in total. The molecule has 3 rings (SSSR count). The van der Waals surface area contributed by atoms with Gasteiger partial charge in [0, 0.05) is 71.0 Å². The lowest BCUT2D eigenvalue weighted by Gasteiger charge is -2.29. The first-order valence-electron chi connectivity index (χ1n) is 10.1. The summed E-state index contributed by atoms with van der Waals surface area (Å²) in [6, 6.07) is 11.6. The maximum Gasteiger partial charge on any atom is 0.274 e. The number of benzene rings is 1. The minimum absolute atomic E-state index is 0.234. The van der Waals surface area contributed by atoms with Crippen molar-refractivity contribution >= 4 is 28.8 Å². The number of morpholine rings is 1. The van der Waals surface area contributed by atoms with Crippen LogP contribution in [0, 0.1) is 0 Å². The van der Waals surface area contributed by atoms with Crippen molar-refractivity contribution in [3.63, 3.8) is 0 Å². The second kappa shape index (κ2) is 10.3. The maximum absolute atomic E-state index is 13.0. The highest BCUT2D eigenvalue weighted by molar-refractivity contribution is 6.04. The van der Waals surface area contributed by atoms with Gasteiger partial charge < -0.3 is 29.5 Å². The number of nitrogens with one attached hydrogen (secondary N) is 1. The van der Waals surface area contributed by atoms with E-state index in [-0.39, 0.29) is 5.91 Å². The molecule has 1 saturated heterocycles. The van der Waals surface area contributed by atoms with Gasteiger partial charge in [0.15, 0.2) is 0 Å². The van der Waals surface area contributed by atoms with Crippen molar-refractivity contribution < 1.29 is 14.3 Å². The molecule has 0 bridgehead atoms. The summed E-state index contributed by atoms with van der Waals surface area (Å²) in [5.41, 5.74) is 3.06. The van der Waals surface area contributed by atoms with E-state index in [2.05, 4.69) is 20.1 Å². The minimum atomic E-state index is -0.234. The molecule has 0 unspecified atom stereocenters. The van der Waals surface area contributed by atoms with Crippen molar-refractivity contribution in [3.8, 4) is 0 Å². The number of carbonyl (C=O) groups is 1. The molecule has 0 saturated carbocycles. The number of ether oxygens (including phenoxy) is 2. The number of carbonyl (C=O) groups excluding carboxylic acids is 1. The lowest BCUT2D eigenvalue weighted by atomic mass is 10.2. The van der Waals surface area contributed by atoms with Crippen molar-refractivity contribution in [2.24, 2.45) is 0 Å². The van der Waals surface area contributed by atoms with E-state index < -0.39 is 0 Å². The number of amides is 1. The Balaban J connectivity index is 1.87. The maximum atomic E-state index is 13.0. The fraction of sp³-hybridized carbons (Fsp3) is 0.455. The summed E-state index contributed by atoms with van der Waals surface area (Å²) in [6.45, 7) is 4.14. The molecule has 1 amide bonds.